The number of carbonyl (C=O) groups excluding carboxylic acids is 1. The van der Waals surface area contributed by atoms with E-state index >= 15 is 0 Å². The Morgan fingerprint density at radius 1 is 1.43 bits per heavy atom. The van der Waals surface area contributed by atoms with Crippen LogP contribution in [0.5, 0.6) is 0 Å². The smallest absolute Gasteiger partial charge is 0.323 e. The molecule has 3 nitrogen and oxygen atoms in total. The molecule has 0 aliphatic rings. The normalized spacial score (nSPS) is 10.8. The summed E-state index contributed by atoms with van der Waals surface area (Å²) in [5.74, 6) is -0.149. The Bertz CT molecular complexity index is 234. The fourth-order valence-electron chi connectivity index (χ4n) is 1.04. The van der Waals surface area contributed by atoms with E-state index in [0.717, 1.165) is 31.5 Å². The third kappa shape index (κ3) is 9.93. The Kier molecular flexibility index (Phi) is 7.10. The molecule has 0 atom stereocenters. The maximum absolute atomic E-state index is 10.9. The molecule has 0 radical (unpaired) electrons. The van der Waals surface area contributed by atoms with E-state index in [-0.39, 0.29) is 5.78 Å². The van der Waals surface area contributed by atoms with E-state index < -0.39 is 6.69 Å². The number of rotatable bonds is 7. The zero-order valence-electron chi connectivity index (χ0n) is 8.17. The first kappa shape index (κ1) is 13.8. The van der Waals surface area contributed by atoms with Crippen molar-refractivity contribution in [2.24, 2.45) is 0 Å². The lowest BCUT2D eigenvalue weighted by atomic mass is 10.1. The van der Waals surface area contributed by atoms with Gasteiger partial charge in [0.05, 0.1) is 0 Å². The minimum Gasteiger partial charge on any atom is -0.361 e. The molecule has 0 fully saturated rings. The predicted octanol–water partition coefficient (Wildman–Crippen LogP) is 2.97. The van der Waals surface area contributed by atoms with Gasteiger partial charge in [0, 0.05) is 6.42 Å². The standard InChI is InChI=1S/C8H14Cl2N2OSi/c1-14(9,10)6-4-2-3-5-8(13)7-12-11/h7H,2-6H2,1H3. The van der Waals surface area contributed by atoms with Crippen molar-refractivity contribution in [3.63, 3.8) is 0 Å². The van der Waals surface area contributed by atoms with Crippen molar-refractivity contribution < 1.29 is 9.58 Å². The second-order valence-electron chi connectivity index (χ2n) is 3.34. The predicted molar refractivity (Wildman–Crippen MR) is 61.3 cm³/mol. The van der Waals surface area contributed by atoms with Gasteiger partial charge in [-0.05, 0) is 19.0 Å². The van der Waals surface area contributed by atoms with Gasteiger partial charge in [0.2, 0.25) is 12.5 Å². The van der Waals surface area contributed by atoms with Gasteiger partial charge in [-0.25, -0.2) is 0 Å². The van der Waals surface area contributed by atoms with Crippen LogP contribution in [-0.4, -0.2) is 23.5 Å². The van der Waals surface area contributed by atoms with Crippen LogP contribution in [0.3, 0.4) is 0 Å². The van der Waals surface area contributed by atoms with Gasteiger partial charge in [0.1, 0.15) is 0 Å². The molecule has 0 aromatic carbocycles. The number of nitrogens with zero attached hydrogens (tertiary/aromatic N) is 2. The first-order valence-electron chi connectivity index (χ1n) is 4.54. The van der Waals surface area contributed by atoms with E-state index in [9.17, 15) is 4.79 Å². The Morgan fingerprint density at radius 2 is 2.07 bits per heavy atom. The first-order valence-corrected chi connectivity index (χ1v) is 9.27. The fourth-order valence-corrected chi connectivity index (χ4v) is 2.71. The molecule has 80 valence electrons. The van der Waals surface area contributed by atoms with Crippen LogP contribution in [0.4, 0.5) is 0 Å². The van der Waals surface area contributed by atoms with Crippen LogP contribution >= 0.6 is 22.2 Å². The highest BCUT2D eigenvalue weighted by molar-refractivity contribution is 7.44. The van der Waals surface area contributed by atoms with Crippen molar-refractivity contribution in [1.82, 2.24) is 0 Å². The average molecular weight is 253 g/mol. The Balaban J connectivity index is 3.39. The van der Waals surface area contributed by atoms with Crippen molar-refractivity contribution in [1.29, 1.82) is 0 Å². The summed E-state index contributed by atoms with van der Waals surface area (Å²) in [6, 6.07) is 0.860. The summed E-state index contributed by atoms with van der Waals surface area (Å²) < 4.78 is 0. The van der Waals surface area contributed by atoms with Gasteiger partial charge in [-0.2, -0.15) is 4.79 Å². The molecule has 0 aromatic rings. The second kappa shape index (κ2) is 7.18. The Morgan fingerprint density at radius 3 is 2.57 bits per heavy atom. The summed E-state index contributed by atoms with van der Waals surface area (Å²) in [6.45, 7) is -0.0678. The Hall–Kier alpha value is -0.153. The molecule has 0 N–H and O–H groups in total. The number of halogens is 2. The lowest BCUT2D eigenvalue weighted by Gasteiger charge is -2.08. The molecule has 0 spiro atoms. The van der Waals surface area contributed by atoms with Crippen LogP contribution in [-0.2, 0) is 4.79 Å². The second-order valence-corrected chi connectivity index (χ2v) is 11.6. The third-order valence-corrected chi connectivity index (χ3v) is 4.11. The monoisotopic (exact) mass is 252 g/mol. The van der Waals surface area contributed by atoms with Gasteiger partial charge < -0.3 is 5.53 Å². The summed E-state index contributed by atoms with van der Waals surface area (Å²) in [6.07, 6.45) is 4.05. The number of carbonyl (C=O) groups is 1. The molecule has 0 saturated carbocycles. The van der Waals surface area contributed by atoms with E-state index in [1.54, 1.807) is 0 Å². The van der Waals surface area contributed by atoms with Crippen molar-refractivity contribution >= 4 is 40.8 Å². The molecule has 14 heavy (non-hydrogen) atoms. The zero-order valence-corrected chi connectivity index (χ0v) is 10.7. The van der Waals surface area contributed by atoms with Crippen LogP contribution in [0.1, 0.15) is 25.7 Å². The summed E-state index contributed by atoms with van der Waals surface area (Å²) in [7, 11) is 0. The summed E-state index contributed by atoms with van der Waals surface area (Å²) in [4.78, 5) is 13.5. The number of hydrogen-bond donors (Lipinski definition) is 0. The van der Waals surface area contributed by atoms with E-state index in [4.69, 9.17) is 27.7 Å². The Labute approximate surface area is 94.4 Å². The fraction of sp³-hybridized carbons (Fsp3) is 0.750. The zero-order chi connectivity index (χ0) is 11.0. The number of ketones is 1. The molecule has 0 heterocycles. The topological polar surface area (TPSA) is 53.5 Å². The highest BCUT2D eigenvalue weighted by Gasteiger charge is 2.19. The van der Waals surface area contributed by atoms with E-state index in [0.29, 0.717) is 6.42 Å². The van der Waals surface area contributed by atoms with E-state index in [1.165, 1.54) is 0 Å². The highest BCUT2D eigenvalue weighted by atomic mass is 35.7. The van der Waals surface area contributed by atoms with Crippen LogP contribution in [0.15, 0.2) is 0 Å². The molecule has 0 bridgehead atoms. The lowest BCUT2D eigenvalue weighted by Crippen LogP contribution is -2.11. The largest absolute Gasteiger partial charge is 0.361 e. The van der Waals surface area contributed by atoms with Gasteiger partial charge in [-0.15, -0.1) is 22.2 Å². The highest BCUT2D eigenvalue weighted by Crippen LogP contribution is 2.22. The van der Waals surface area contributed by atoms with Gasteiger partial charge in [-0.3, -0.25) is 4.79 Å². The van der Waals surface area contributed by atoms with Gasteiger partial charge in [0.25, 0.3) is 0 Å². The molecule has 0 aromatic heterocycles. The van der Waals surface area contributed by atoms with Crippen LogP contribution in [0.2, 0.25) is 12.6 Å². The molecule has 0 aliphatic carbocycles. The average Bonchev–Trinajstić information content (AvgIpc) is 2.02. The molecular weight excluding hydrogens is 239 g/mol. The van der Waals surface area contributed by atoms with E-state index in [2.05, 4.69) is 4.79 Å². The molecule has 6 heteroatoms. The summed E-state index contributed by atoms with van der Waals surface area (Å²) in [5, 5.41) is 0. The molecule has 0 saturated heterocycles. The first-order chi connectivity index (χ1) is 6.45. The SMILES string of the molecule is C[Si](Cl)(Cl)CCCCCC(=O)C=[N+]=[N-]. The van der Waals surface area contributed by atoms with Gasteiger partial charge in [0.15, 0.2) is 0 Å². The lowest BCUT2D eigenvalue weighted by molar-refractivity contribution is -0.116. The maximum atomic E-state index is 10.9. The van der Waals surface area contributed by atoms with Gasteiger partial charge in [-0.1, -0.05) is 12.8 Å². The van der Waals surface area contributed by atoms with Crippen LogP contribution < -0.4 is 0 Å². The van der Waals surface area contributed by atoms with Gasteiger partial charge >= 0.3 is 6.21 Å². The minimum absolute atomic E-state index is 0.149. The molecule has 0 aliphatic heterocycles. The molecular formula is C8H14Cl2N2OSi. The molecule has 0 unspecified atom stereocenters. The number of Topliss-reactive ketones (excluding diaryl/α,β-unsaturated/α-hetero) is 1. The number of hydrogen-bond acceptors (Lipinski definition) is 1. The quantitative estimate of drug-likeness (QED) is 0.172. The summed E-state index contributed by atoms with van der Waals surface area (Å²) >= 11 is 11.8. The molecule has 0 amide bonds. The van der Waals surface area contributed by atoms with Crippen LogP contribution in [0, 0.1) is 0 Å². The minimum atomic E-state index is -1.96. The van der Waals surface area contributed by atoms with Crippen molar-refractivity contribution in [3.05, 3.63) is 5.53 Å². The maximum Gasteiger partial charge on any atom is 0.323 e. The van der Waals surface area contributed by atoms with Crippen LogP contribution in [0.25, 0.3) is 5.53 Å². The summed E-state index contributed by atoms with van der Waals surface area (Å²) in [5.41, 5.74) is 8.07. The van der Waals surface area contributed by atoms with E-state index in [1.807, 2.05) is 6.55 Å². The van der Waals surface area contributed by atoms with Crippen molar-refractivity contribution in [3.8, 4) is 0 Å². The molecule has 0 rings (SSSR count). The van der Waals surface area contributed by atoms with Crippen molar-refractivity contribution in [2.75, 3.05) is 0 Å². The van der Waals surface area contributed by atoms with Crippen molar-refractivity contribution in [2.45, 2.75) is 38.3 Å². The number of unbranched alkanes of at least 4 members (excludes halogenated alkanes) is 2. The third-order valence-electron chi connectivity index (χ3n) is 1.74.